The molecule has 1 aromatic heterocycles. The average Bonchev–Trinajstić information content (AvgIpc) is 2.33. The fourth-order valence-corrected chi connectivity index (χ4v) is 2.04. The lowest BCUT2D eigenvalue weighted by atomic mass is 10.2. The zero-order valence-electron chi connectivity index (χ0n) is 12.6. The van der Waals surface area contributed by atoms with E-state index in [9.17, 15) is 0 Å². The van der Waals surface area contributed by atoms with Crippen molar-refractivity contribution in [1.82, 2.24) is 9.97 Å². The number of anilines is 3. The summed E-state index contributed by atoms with van der Waals surface area (Å²) in [5.74, 6) is 2.04. The van der Waals surface area contributed by atoms with Crippen molar-refractivity contribution in [3.63, 3.8) is 0 Å². The highest BCUT2D eigenvalue weighted by atomic mass is 15.2. The van der Waals surface area contributed by atoms with Crippen molar-refractivity contribution in [3.05, 3.63) is 6.07 Å². The van der Waals surface area contributed by atoms with Gasteiger partial charge in [-0.3, -0.25) is 0 Å². The minimum atomic E-state index is 0.328. The van der Waals surface area contributed by atoms with Crippen LogP contribution < -0.4 is 16.0 Å². The summed E-state index contributed by atoms with van der Waals surface area (Å²) < 4.78 is 0. The summed E-state index contributed by atoms with van der Waals surface area (Å²) in [4.78, 5) is 10.8. The summed E-state index contributed by atoms with van der Waals surface area (Å²) in [6.45, 7) is 10.4. The van der Waals surface area contributed by atoms with E-state index in [1.807, 2.05) is 13.0 Å². The Bertz CT molecular complexity index is 378. The summed E-state index contributed by atoms with van der Waals surface area (Å²) in [6.07, 6.45) is 3.64. The first-order valence-corrected chi connectivity index (χ1v) is 7.23. The third kappa shape index (κ3) is 4.93. The zero-order chi connectivity index (χ0) is 14.3. The first-order valence-electron chi connectivity index (χ1n) is 7.23. The highest BCUT2D eigenvalue weighted by Crippen LogP contribution is 2.20. The summed E-state index contributed by atoms with van der Waals surface area (Å²) >= 11 is 0. The lowest BCUT2D eigenvalue weighted by Gasteiger charge is -2.28. The van der Waals surface area contributed by atoms with Gasteiger partial charge in [-0.1, -0.05) is 19.8 Å². The fraction of sp³-hybridized carbons (Fsp3) is 0.714. The first kappa shape index (κ1) is 15.5. The molecule has 1 heterocycles. The Labute approximate surface area is 116 Å². The van der Waals surface area contributed by atoms with Crippen molar-refractivity contribution in [2.75, 3.05) is 29.0 Å². The molecule has 5 heteroatoms. The molecule has 3 N–H and O–H groups in total. The van der Waals surface area contributed by atoms with Crippen molar-refractivity contribution in [3.8, 4) is 0 Å². The van der Waals surface area contributed by atoms with Crippen LogP contribution >= 0.6 is 0 Å². The molecule has 0 saturated carbocycles. The molecule has 0 aliphatic heterocycles. The standard InChI is InChI=1S/C14H27N5/c1-5-7-8-9-19(11(3)4)13-10-12(16-6-2)17-14(15)18-13/h10-11H,5-9H2,1-4H3,(H3,15,16,17,18). The van der Waals surface area contributed by atoms with Crippen LogP contribution in [0.25, 0.3) is 0 Å². The molecule has 1 rings (SSSR count). The molecule has 0 radical (unpaired) electrons. The Balaban J connectivity index is 2.88. The number of hydrogen-bond acceptors (Lipinski definition) is 5. The van der Waals surface area contributed by atoms with Crippen LogP contribution in [0.15, 0.2) is 6.07 Å². The average molecular weight is 265 g/mol. The van der Waals surface area contributed by atoms with Gasteiger partial charge >= 0.3 is 0 Å². The Morgan fingerprint density at radius 3 is 2.58 bits per heavy atom. The molecule has 0 aliphatic carbocycles. The molecule has 0 bridgehead atoms. The lowest BCUT2D eigenvalue weighted by Crippen LogP contribution is -2.32. The van der Waals surface area contributed by atoms with Gasteiger partial charge in [0.25, 0.3) is 0 Å². The maximum absolute atomic E-state index is 5.79. The van der Waals surface area contributed by atoms with E-state index in [1.54, 1.807) is 0 Å². The van der Waals surface area contributed by atoms with Crippen molar-refractivity contribution >= 4 is 17.6 Å². The van der Waals surface area contributed by atoms with Crippen LogP contribution in [0.4, 0.5) is 17.6 Å². The number of unbranched alkanes of at least 4 members (excludes halogenated alkanes) is 2. The highest BCUT2D eigenvalue weighted by molar-refractivity contribution is 5.53. The van der Waals surface area contributed by atoms with Gasteiger partial charge in [-0.05, 0) is 27.2 Å². The van der Waals surface area contributed by atoms with Crippen LogP contribution in [0.5, 0.6) is 0 Å². The quantitative estimate of drug-likeness (QED) is 0.707. The second-order valence-electron chi connectivity index (χ2n) is 4.99. The topological polar surface area (TPSA) is 67.1 Å². The second kappa shape index (κ2) is 7.81. The van der Waals surface area contributed by atoms with Crippen molar-refractivity contribution in [1.29, 1.82) is 0 Å². The normalized spacial score (nSPS) is 10.8. The van der Waals surface area contributed by atoms with Crippen LogP contribution in [0.2, 0.25) is 0 Å². The van der Waals surface area contributed by atoms with Gasteiger partial charge in [-0.2, -0.15) is 9.97 Å². The van der Waals surface area contributed by atoms with Gasteiger partial charge in [0.1, 0.15) is 11.6 Å². The number of hydrogen-bond donors (Lipinski definition) is 2. The number of nitrogen functional groups attached to an aromatic ring is 1. The predicted molar refractivity (Wildman–Crippen MR) is 82.6 cm³/mol. The molecule has 0 fully saturated rings. The minimum absolute atomic E-state index is 0.328. The molecular weight excluding hydrogens is 238 g/mol. The number of nitrogens with two attached hydrogens (primary N) is 1. The lowest BCUT2D eigenvalue weighted by molar-refractivity contribution is 0.620. The van der Waals surface area contributed by atoms with E-state index in [-0.39, 0.29) is 0 Å². The minimum Gasteiger partial charge on any atom is -0.370 e. The molecule has 1 aromatic rings. The number of nitrogens with zero attached hydrogens (tertiary/aromatic N) is 3. The highest BCUT2D eigenvalue weighted by Gasteiger charge is 2.13. The molecular formula is C14H27N5. The third-order valence-electron chi connectivity index (χ3n) is 3.01. The van der Waals surface area contributed by atoms with Crippen molar-refractivity contribution < 1.29 is 0 Å². The summed E-state index contributed by atoms with van der Waals surface area (Å²) in [7, 11) is 0. The molecule has 108 valence electrons. The van der Waals surface area contributed by atoms with Crippen LogP contribution in [-0.2, 0) is 0 Å². The van der Waals surface area contributed by atoms with Gasteiger partial charge in [0, 0.05) is 25.2 Å². The van der Waals surface area contributed by atoms with Crippen LogP contribution in [0.1, 0.15) is 47.0 Å². The van der Waals surface area contributed by atoms with E-state index in [0.717, 1.165) is 24.7 Å². The number of rotatable bonds is 8. The van der Waals surface area contributed by atoms with E-state index in [0.29, 0.717) is 12.0 Å². The van der Waals surface area contributed by atoms with Gasteiger partial charge in [-0.15, -0.1) is 0 Å². The molecule has 0 spiro atoms. The predicted octanol–water partition coefficient (Wildman–Crippen LogP) is 2.90. The fourth-order valence-electron chi connectivity index (χ4n) is 2.04. The van der Waals surface area contributed by atoms with E-state index in [4.69, 9.17) is 5.73 Å². The van der Waals surface area contributed by atoms with Gasteiger partial charge in [-0.25, -0.2) is 0 Å². The SMILES string of the molecule is CCCCCN(c1cc(NCC)nc(N)n1)C(C)C. The van der Waals surface area contributed by atoms with E-state index in [2.05, 4.69) is 41.0 Å². The largest absolute Gasteiger partial charge is 0.370 e. The van der Waals surface area contributed by atoms with Gasteiger partial charge in [0.2, 0.25) is 5.95 Å². The van der Waals surface area contributed by atoms with Crippen LogP contribution in [-0.4, -0.2) is 29.1 Å². The molecule has 0 aliphatic rings. The van der Waals surface area contributed by atoms with Gasteiger partial charge in [0.05, 0.1) is 0 Å². The molecule has 0 amide bonds. The molecule has 0 atom stereocenters. The van der Waals surface area contributed by atoms with Crippen molar-refractivity contribution in [2.24, 2.45) is 0 Å². The first-order chi connectivity index (χ1) is 9.08. The summed E-state index contributed by atoms with van der Waals surface area (Å²) in [6, 6.07) is 2.38. The Morgan fingerprint density at radius 1 is 1.26 bits per heavy atom. The Morgan fingerprint density at radius 2 is 2.00 bits per heavy atom. The van der Waals surface area contributed by atoms with Crippen molar-refractivity contribution in [2.45, 2.75) is 53.0 Å². The molecule has 0 unspecified atom stereocenters. The zero-order valence-corrected chi connectivity index (χ0v) is 12.6. The van der Waals surface area contributed by atoms with Gasteiger partial charge in [0.15, 0.2) is 0 Å². The van der Waals surface area contributed by atoms with E-state index in [1.165, 1.54) is 19.3 Å². The Kier molecular flexibility index (Phi) is 6.39. The third-order valence-corrected chi connectivity index (χ3v) is 3.01. The molecule has 0 aromatic carbocycles. The van der Waals surface area contributed by atoms with E-state index < -0.39 is 0 Å². The van der Waals surface area contributed by atoms with Crippen LogP contribution in [0.3, 0.4) is 0 Å². The van der Waals surface area contributed by atoms with Crippen LogP contribution in [0, 0.1) is 0 Å². The maximum atomic E-state index is 5.79. The molecule has 0 saturated heterocycles. The number of aromatic nitrogens is 2. The molecule has 5 nitrogen and oxygen atoms in total. The maximum Gasteiger partial charge on any atom is 0.223 e. The second-order valence-corrected chi connectivity index (χ2v) is 4.99. The summed E-state index contributed by atoms with van der Waals surface area (Å²) in [5, 5.41) is 3.19. The van der Waals surface area contributed by atoms with Gasteiger partial charge < -0.3 is 16.0 Å². The monoisotopic (exact) mass is 265 g/mol. The van der Waals surface area contributed by atoms with E-state index >= 15 is 0 Å². The molecule has 19 heavy (non-hydrogen) atoms. The summed E-state index contributed by atoms with van der Waals surface area (Å²) in [5.41, 5.74) is 5.79. The Hall–Kier alpha value is -1.52. The smallest absolute Gasteiger partial charge is 0.223 e. The number of nitrogens with one attached hydrogen (secondary N) is 1.